The van der Waals surface area contributed by atoms with Crippen LogP contribution in [0.3, 0.4) is 0 Å². The minimum atomic E-state index is 0.0276. The Bertz CT molecular complexity index is 342. The fourth-order valence-electron chi connectivity index (χ4n) is 3.70. The van der Waals surface area contributed by atoms with E-state index < -0.39 is 0 Å². The van der Waals surface area contributed by atoms with Crippen molar-refractivity contribution in [2.45, 2.75) is 57.5 Å². The molecule has 1 saturated heterocycles. The number of urea groups is 1. The number of likely N-dealkylation sites (tertiary alicyclic amines) is 1. The van der Waals surface area contributed by atoms with E-state index in [1.807, 2.05) is 11.9 Å². The van der Waals surface area contributed by atoms with Crippen molar-refractivity contribution in [2.24, 2.45) is 5.92 Å². The Balaban J connectivity index is 1.74. The smallest absolute Gasteiger partial charge is 0.317 e. The van der Waals surface area contributed by atoms with E-state index in [1.165, 1.54) is 25.7 Å². The van der Waals surface area contributed by atoms with E-state index in [-0.39, 0.29) is 6.03 Å². The number of carbonyl (C=O) groups excluding carboxylic acids is 1. The third kappa shape index (κ3) is 4.47. The SMILES string of the molecule is C=CCNC(=O)N(C)C1CCN(C2CCC(C)CC2)CC1. The molecule has 4 heteroatoms. The molecular formula is C17H31N3O. The van der Waals surface area contributed by atoms with E-state index in [1.54, 1.807) is 6.08 Å². The monoisotopic (exact) mass is 293 g/mol. The number of nitrogens with zero attached hydrogens (tertiary/aromatic N) is 2. The summed E-state index contributed by atoms with van der Waals surface area (Å²) in [4.78, 5) is 16.5. The molecule has 0 aromatic carbocycles. The number of hydrogen-bond donors (Lipinski definition) is 1. The van der Waals surface area contributed by atoms with Crippen molar-refractivity contribution >= 4 is 6.03 Å². The first-order chi connectivity index (χ1) is 10.1. The minimum Gasteiger partial charge on any atom is -0.335 e. The molecule has 120 valence electrons. The van der Waals surface area contributed by atoms with Gasteiger partial charge in [0.25, 0.3) is 0 Å². The minimum absolute atomic E-state index is 0.0276. The second-order valence-corrected chi connectivity index (χ2v) is 6.77. The van der Waals surface area contributed by atoms with Gasteiger partial charge in [-0.15, -0.1) is 6.58 Å². The fraction of sp³-hybridized carbons (Fsp3) is 0.824. The number of nitrogens with one attached hydrogen (secondary N) is 1. The van der Waals surface area contributed by atoms with E-state index >= 15 is 0 Å². The van der Waals surface area contributed by atoms with Crippen LogP contribution >= 0.6 is 0 Å². The summed E-state index contributed by atoms with van der Waals surface area (Å²) in [5, 5.41) is 2.86. The molecular weight excluding hydrogens is 262 g/mol. The maximum Gasteiger partial charge on any atom is 0.317 e. The highest BCUT2D eigenvalue weighted by atomic mass is 16.2. The van der Waals surface area contributed by atoms with E-state index in [0.717, 1.165) is 37.9 Å². The van der Waals surface area contributed by atoms with Gasteiger partial charge in [0.05, 0.1) is 0 Å². The zero-order valence-electron chi connectivity index (χ0n) is 13.7. The van der Waals surface area contributed by atoms with Gasteiger partial charge in [0, 0.05) is 38.8 Å². The third-order valence-corrected chi connectivity index (χ3v) is 5.27. The van der Waals surface area contributed by atoms with Gasteiger partial charge < -0.3 is 15.1 Å². The van der Waals surface area contributed by atoms with Crippen molar-refractivity contribution in [3.05, 3.63) is 12.7 Å². The lowest BCUT2D eigenvalue weighted by Crippen LogP contribution is -2.51. The summed E-state index contributed by atoms with van der Waals surface area (Å²) in [7, 11) is 1.92. The maximum absolute atomic E-state index is 12.0. The van der Waals surface area contributed by atoms with Gasteiger partial charge in [-0.05, 0) is 44.4 Å². The van der Waals surface area contributed by atoms with Gasteiger partial charge in [0.2, 0.25) is 0 Å². The summed E-state index contributed by atoms with van der Waals surface area (Å²) in [5.74, 6) is 0.915. The Hall–Kier alpha value is -1.03. The molecule has 0 bridgehead atoms. The first-order valence-corrected chi connectivity index (χ1v) is 8.47. The topological polar surface area (TPSA) is 35.6 Å². The lowest BCUT2D eigenvalue weighted by molar-refractivity contribution is 0.0825. The summed E-state index contributed by atoms with van der Waals surface area (Å²) in [6.45, 7) is 8.83. The van der Waals surface area contributed by atoms with Crippen LogP contribution in [0.25, 0.3) is 0 Å². The van der Waals surface area contributed by atoms with Gasteiger partial charge in [-0.3, -0.25) is 0 Å². The van der Waals surface area contributed by atoms with Crippen LogP contribution in [0.2, 0.25) is 0 Å². The van der Waals surface area contributed by atoms with Crippen molar-refractivity contribution in [3.63, 3.8) is 0 Å². The fourth-order valence-corrected chi connectivity index (χ4v) is 3.70. The predicted octanol–water partition coefficient (Wildman–Crippen LogP) is 2.86. The van der Waals surface area contributed by atoms with Gasteiger partial charge in [-0.25, -0.2) is 4.79 Å². The summed E-state index contributed by atoms with van der Waals surface area (Å²) in [6, 6.07) is 1.20. The van der Waals surface area contributed by atoms with Crippen LogP contribution in [0.15, 0.2) is 12.7 Å². The molecule has 1 heterocycles. The largest absolute Gasteiger partial charge is 0.335 e. The number of amides is 2. The first-order valence-electron chi connectivity index (χ1n) is 8.47. The van der Waals surface area contributed by atoms with Gasteiger partial charge in [-0.2, -0.15) is 0 Å². The molecule has 0 atom stereocenters. The molecule has 1 N–H and O–H groups in total. The number of carbonyl (C=O) groups is 1. The summed E-state index contributed by atoms with van der Waals surface area (Å²) >= 11 is 0. The molecule has 0 aromatic heterocycles. The van der Waals surface area contributed by atoms with Gasteiger partial charge in [0.15, 0.2) is 0 Å². The van der Waals surface area contributed by atoms with Crippen molar-refractivity contribution in [1.82, 2.24) is 15.1 Å². The predicted molar refractivity (Wildman–Crippen MR) is 87.4 cm³/mol. The van der Waals surface area contributed by atoms with Gasteiger partial charge in [0.1, 0.15) is 0 Å². The Labute approximate surface area is 129 Å². The molecule has 1 aliphatic heterocycles. The van der Waals surface area contributed by atoms with Crippen LogP contribution in [0.5, 0.6) is 0 Å². The molecule has 1 saturated carbocycles. The van der Waals surface area contributed by atoms with Crippen LogP contribution in [0.1, 0.15) is 45.4 Å². The molecule has 2 aliphatic rings. The molecule has 0 spiro atoms. The van der Waals surface area contributed by atoms with Crippen LogP contribution in [0, 0.1) is 5.92 Å². The van der Waals surface area contributed by atoms with Crippen LogP contribution in [0.4, 0.5) is 4.79 Å². The molecule has 21 heavy (non-hydrogen) atoms. The molecule has 2 rings (SSSR count). The number of hydrogen-bond acceptors (Lipinski definition) is 2. The van der Waals surface area contributed by atoms with Crippen molar-refractivity contribution < 1.29 is 4.79 Å². The average Bonchev–Trinajstić information content (AvgIpc) is 2.53. The van der Waals surface area contributed by atoms with E-state index in [9.17, 15) is 4.79 Å². The highest BCUT2D eigenvalue weighted by Gasteiger charge is 2.30. The molecule has 4 nitrogen and oxygen atoms in total. The highest BCUT2D eigenvalue weighted by Crippen LogP contribution is 2.29. The Morgan fingerprint density at radius 3 is 2.43 bits per heavy atom. The lowest BCUT2D eigenvalue weighted by Gasteiger charge is -2.42. The van der Waals surface area contributed by atoms with Crippen molar-refractivity contribution in [2.75, 3.05) is 26.7 Å². The van der Waals surface area contributed by atoms with E-state index in [4.69, 9.17) is 0 Å². The van der Waals surface area contributed by atoms with E-state index in [2.05, 4.69) is 23.7 Å². The molecule has 0 unspecified atom stereocenters. The molecule has 2 amide bonds. The lowest BCUT2D eigenvalue weighted by atomic mass is 9.85. The molecule has 0 aromatic rings. The summed E-state index contributed by atoms with van der Waals surface area (Å²) in [5.41, 5.74) is 0. The number of piperidine rings is 1. The second-order valence-electron chi connectivity index (χ2n) is 6.77. The molecule has 0 radical (unpaired) electrons. The van der Waals surface area contributed by atoms with Crippen LogP contribution in [-0.2, 0) is 0 Å². The van der Waals surface area contributed by atoms with Crippen LogP contribution < -0.4 is 5.32 Å². The Morgan fingerprint density at radius 1 is 1.24 bits per heavy atom. The van der Waals surface area contributed by atoms with Crippen molar-refractivity contribution in [1.29, 1.82) is 0 Å². The van der Waals surface area contributed by atoms with Crippen LogP contribution in [-0.4, -0.2) is 54.6 Å². The zero-order valence-corrected chi connectivity index (χ0v) is 13.7. The molecule has 2 fully saturated rings. The highest BCUT2D eigenvalue weighted by molar-refractivity contribution is 5.74. The second kappa shape index (κ2) is 7.83. The third-order valence-electron chi connectivity index (χ3n) is 5.27. The van der Waals surface area contributed by atoms with Gasteiger partial charge >= 0.3 is 6.03 Å². The number of rotatable bonds is 4. The normalized spacial score (nSPS) is 28.1. The standard InChI is InChI=1S/C17H31N3O/c1-4-11-18-17(21)19(3)15-9-12-20(13-10-15)16-7-5-14(2)6-8-16/h4,14-16H,1,5-13H2,2-3H3,(H,18,21). The summed E-state index contributed by atoms with van der Waals surface area (Å²) in [6.07, 6.45) is 9.42. The average molecular weight is 293 g/mol. The Kier molecular flexibility index (Phi) is 6.09. The Morgan fingerprint density at radius 2 is 1.86 bits per heavy atom. The zero-order chi connectivity index (χ0) is 15.2. The maximum atomic E-state index is 12.0. The summed E-state index contributed by atoms with van der Waals surface area (Å²) < 4.78 is 0. The van der Waals surface area contributed by atoms with E-state index in [0.29, 0.717) is 12.6 Å². The quantitative estimate of drug-likeness (QED) is 0.809. The van der Waals surface area contributed by atoms with Crippen molar-refractivity contribution in [3.8, 4) is 0 Å². The van der Waals surface area contributed by atoms with Gasteiger partial charge in [-0.1, -0.05) is 13.0 Å². The molecule has 1 aliphatic carbocycles. The first kappa shape index (κ1) is 16.3.